The van der Waals surface area contributed by atoms with Gasteiger partial charge in [0.05, 0.1) is 28.6 Å². The van der Waals surface area contributed by atoms with Crippen LogP contribution in [0, 0.1) is 0 Å². The van der Waals surface area contributed by atoms with E-state index in [-0.39, 0.29) is 5.56 Å². The summed E-state index contributed by atoms with van der Waals surface area (Å²) in [6, 6.07) is 30.8. The second kappa shape index (κ2) is 10.0. The van der Waals surface area contributed by atoms with Gasteiger partial charge in [0, 0.05) is 42.2 Å². The molecule has 180 valence electrons. The number of fused-ring (bicyclic) bond motifs is 1. The third-order valence-electron chi connectivity index (χ3n) is 6.47. The summed E-state index contributed by atoms with van der Waals surface area (Å²) in [7, 11) is 0. The maximum Gasteiger partial charge on any atom is 0.257 e. The molecule has 3 aromatic carbocycles. The SMILES string of the molecule is O=c1[nH]ccc2nc(-c3ccc(CNCc4ccc(-c5c[nH]cn5)cc4)cc3)c(-c3ccccc3)cc12. The molecule has 37 heavy (non-hydrogen) atoms. The molecule has 6 rings (SSSR count). The molecule has 3 heterocycles. The van der Waals surface area contributed by atoms with Crippen molar-refractivity contribution >= 4 is 10.9 Å². The Morgan fingerprint density at radius 1 is 0.757 bits per heavy atom. The van der Waals surface area contributed by atoms with Gasteiger partial charge in [0.2, 0.25) is 0 Å². The Morgan fingerprint density at radius 2 is 1.46 bits per heavy atom. The summed E-state index contributed by atoms with van der Waals surface area (Å²) < 4.78 is 0. The molecule has 0 saturated carbocycles. The lowest BCUT2D eigenvalue weighted by molar-refractivity contribution is 0.693. The zero-order valence-corrected chi connectivity index (χ0v) is 20.1. The van der Waals surface area contributed by atoms with E-state index in [0.29, 0.717) is 10.9 Å². The number of nitrogens with one attached hydrogen (secondary N) is 3. The molecular weight excluding hydrogens is 458 g/mol. The molecule has 3 N–H and O–H groups in total. The van der Waals surface area contributed by atoms with Gasteiger partial charge in [-0.05, 0) is 28.8 Å². The highest BCUT2D eigenvalue weighted by atomic mass is 16.1. The van der Waals surface area contributed by atoms with Crippen molar-refractivity contribution in [3.05, 3.63) is 131 Å². The molecule has 0 fully saturated rings. The molecular formula is C31H25N5O. The van der Waals surface area contributed by atoms with Crippen molar-refractivity contribution in [3.63, 3.8) is 0 Å². The molecule has 0 amide bonds. The van der Waals surface area contributed by atoms with Gasteiger partial charge in [-0.15, -0.1) is 0 Å². The molecule has 0 spiro atoms. The summed E-state index contributed by atoms with van der Waals surface area (Å²) in [4.78, 5) is 27.4. The van der Waals surface area contributed by atoms with Crippen LogP contribution >= 0.6 is 0 Å². The standard InChI is InChI=1S/C31H25N5O/c37-31-27-16-26(23-4-2-1-3-5-23)30(36-28(27)14-15-34-31)25-12-8-22(9-13-25)18-32-17-21-6-10-24(11-7-21)29-19-33-20-35-29/h1-16,19-20,32H,17-18H2,(H,33,35)(H,34,37). The number of hydrogen-bond donors (Lipinski definition) is 3. The predicted octanol–water partition coefficient (Wildman–Crippen LogP) is 5.94. The summed E-state index contributed by atoms with van der Waals surface area (Å²) in [6.07, 6.45) is 5.23. The molecule has 3 aromatic heterocycles. The fourth-order valence-corrected chi connectivity index (χ4v) is 4.51. The van der Waals surface area contributed by atoms with E-state index in [0.717, 1.165) is 46.7 Å². The molecule has 0 aliphatic rings. The summed E-state index contributed by atoms with van der Waals surface area (Å²) in [5, 5.41) is 4.11. The van der Waals surface area contributed by atoms with E-state index in [2.05, 4.69) is 68.8 Å². The third-order valence-corrected chi connectivity index (χ3v) is 6.47. The highest BCUT2D eigenvalue weighted by Crippen LogP contribution is 2.32. The van der Waals surface area contributed by atoms with Crippen LogP contribution < -0.4 is 10.9 Å². The molecule has 0 atom stereocenters. The lowest BCUT2D eigenvalue weighted by Crippen LogP contribution is -2.12. The monoisotopic (exact) mass is 483 g/mol. The van der Waals surface area contributed by atoms with Crippen LogP contribution in [0.1, 0.15) is 11.1 Å². The topological polar surface area (TPSA) is 86.5 Å². The van der Waals surface area contributed by atoms with Crippen molar-refractivity contribution in [2.24, 2.45) is 0 Å². The van der Waals surface area contributed by atoms with Crippen molar-refractivity contribution in [1.29, 1.82) is 0 Å². The molecule has 0 unspecified atom stereocenters. The predicted molar refractivity (Wildman–Crippen MR) is 148 cm³/mol. The van der Waals surface area contributed by atoms with Crippen LogP contribution in [0.5, 0.6) is 0 Å². The van der Waals surface area contributed by atoms with Crippen LogP contribution in [-0.2, 0) is 13.1 Å². The highest BCUT2D eigenvalue weighted by Gasteiger charge is 2.13. The molecule has 0 saturated heterocycles. The largest absolute Gasteiger partial charge is 0.351 e. The number of rotatable bonds is 7. The van der Waals surface area contributed by atoms with E-state index < -0.39 is 0 Å². The number of aromatic nitrogens is 4. The van der Waals surface area contributed by atoms with Gasteiger partial charge in [-0.3, -0.25) is 4.79 Å². The Labute approximate surface area is 214 Å². The average molecular weight is 484 g/mol. The van der Waals surface area contributed by atoms with Crippen LogP contribution in [0.2, 0.25) is 0 Å². The Hall–Kier alpha value is -4.81. The molecule has 0 aliphatic carbocycles. The first-order chi connectivity index (χ1) is 18.2. The quantitative estimate of drug-likeness (QED) is 0.262. The van der Waals surface area contributed by atoms with Gasteiger partial charge in [-0.2, -0.15) is 0 Å². The van der Waals surface area contributed by atoms with Gasteiger partial charge < -0.3 is 15.3 Å². The van der Waals surface area contributed by atoms with Crippen LogP contribution in [0.4, 0.5) is 0 Å². The van der Waals surface area contributed by atoms with Gasteiger partial charge >= 0.3 is 0 Å². The fourth-order valence-electron chi connectivity index (χ4n) is 4.51. The lowest BCUT2D eigenvalue weighted by Gasteiger charge is -2.12. The maximum atomic E-state index is 12.4. The van der Waals surface area contributed by atoms with Crippen LogP contribution in [-0.4, -0.2) is 19.9 Å². The number of imidazole rings is 1. The summed E-state index contributed by atoms with van der Waals surface area (Å²) >= 11 is 0. The lowest BCUT2D eigenvalue weighted by atomic mass is 9.97. The van der Waals surface area contributed by atoms with Gasteiger partial charge in [-0.25, -0.2) is 9.97 Å². The summed E-state index contributed by atoms with van der Waals surface area (Å²) in [5.41, 5.74) is 8.85. The number of aromatic amines is 2. The number of nitrogens with zero attached hydrogens (tertiary/aromatic N) is 2. The first-order valence-corrected chi connectivity index (χ1v) is 12.2. The molecule has 6 heteroatoms. The van der Waals surface area contributed by atoms with E-state index in [1.54, 1.807) is 12.5 Å². The van der Waals surface area contributed by atoms with E-state index >= 15 is 0 Å². The number of H-pyrrole nitrogens is 2. The Balaban J connectivity index is 1.20. The zero-order chi connectivity index (χ0) is 25.0. The molecule has 0 bridgehead atoms. The first-order valence-electron chi connectivity index (χ1n) is 12.2. The molecule has 6 nitrogen and oxygen atoms in total. The minimum atomic E-state index is -0.133. The Kier molecular flexibility index (Phi) is 6.15. The smallest absolute Gasteiger partial charge is 0.257 e. The maximum absolute atomic E-state index is 12.4. The van der Waals surface area contributed by atoms with Crippen LogP contribution in [0.3, 0.4) is 0 Å². The number of pyridine rings is 2. The van der Waals surface area contributed by atoms with E-state index in [1.165, 1.54) is 11.1 Å². The second-order valence-corrected chi connectivity index (χ2v) is 8.94. The molecule has 6 aromatic rings. The van der Waals surface area contributed by atoms with Gasteiger partial charge in [0.1, 0.15) is 0 Å². The third kappa shape index (κ3) is 4.83. The van der Waals surface area contributed by atoms with Gasteiger partial charge in [0.25, 0.3) is 5.56 Å². The van der Waals surface area contributed by atoms with Crippen molar-refractivity contribution in [3.8, 4) is 33.6 Å². The van der Waals surface area contributed by atoms with Crippen molar-refractivity contribution in [2.75, 3.05) is 0 Å². The van der Waals surface area contributed by atoms with Crippen LogP contribution in [0.15, 0.2) is 115 Å². The normalized spacial score (nSPS) is 11.1. The average Bonchev–Trinajstić information content (AvgIpc) is 3.49. The number of hydrogen-bond acceptors (Lipinski definition) is 4. The van der Waals surface area contributed by atoms with Crippen molar-refractivity contribution < 1.29 is 0 Å². The van der Waals surface area contributed by atoms with E-state index in [1.807, 2.05) is 48.7 Å². The fraction of sp³-hybridized carbons (Fsp3) is 0.0645. The molecule has 0 aliphatic heterocycles. The zero-order valence-electron chi connectivity index (χ0n) is 20.1. The van der Waals surface area contributed by atoms with Gasteiger partial charge in [0.15, 0.2) is 0 Å². The Bertz CT molecular complexity index is 1690. The summed E-state index contributed by atoms with van der Waals surface area (Å²) in [6.45, 7) is 1.54. The molecule has 0 radical (unpaired) electrons. The minimum Gasteiger partial charge on any atom is -0.351 e. The Morgan fingerprint density at radius 3 is 2.14 bits per heavy atom. The minimum absolute atomic E-state index is 0.133. The van der Waals surface area contributed by atoms with Crippen molar-refractivity contribution in [1.82, 2.24) is 25.3 Å². The van der Waals surface area contributed by atoms with E-state index in [9.17, 15) is 4.79 Å². The number of benzene rings is 3. The van der Waals surface area contributed by atoms with Crippen LogP contribution in [0.25, 0.3) is 44.5 Å². The van der Waals surface area contributed by atoms with Gasteiger partial charge in [-0.1, -0.05) is 78.9 Å². The first kappa shape index (κ1) is 22.6. The second-order valence-electron chi connectivity index (χ2n) is 8.94. The van der Waals surface area contributed by atoms with Crippen molar-refractivity contribution in [2.45, 2.75) is 13.1 Å². The highest BCUT2D eigenvalue weighted by molar-refractivity contribution is 5.91. The summed E-state index contributed by atoms with van der Waals surface area (Å²) in [5.74, 6) is 0. The van der Waals surface area contributed by atoms with E-state index in [4.69, 9.17) is 4.98 Å².